The standard InChI is InChI=1S/C13H14O2/c14-12-7-8-5-6-10(12)11-4-2-1-3-9(8)13(11)15/h1-4,8-11H,5-7H2/t8-,9+,10-,11-/m1/s1. The van der Waals surface area contributed by atoms with E-state index in [9.17, 15) is 9.59 Å². The van der Waals surface area contributed by atoms with Gasteiger partial charge < -0.3 is 0 Å². The van der Waals surface area contributed by atoms with Gasteiger partial charge >= 0.3 is 0 Å². The summed E-state index contributed by atoms with van der Waals surface area (Å²) in [6.45, 7) is 0. The normalized spacial score (nSPS) is 42.9. The second-order valence-electron chi connectivity index (χ2n) is 4.84. The Hall–Kier alpha value is -1.18. The Labute approximate surface area is 89.0 Å². The highest BCUT2D eigenvalue weighted by atomic mass is 16.1. The molecule has 4 atom stereocenters. The van der Waals surface area contributed by atoms with E-state index in [1.54, 1.807) is 0 Å². The van der Waals surface area contributed by atoms with Crippen molar-refractivity contribution in [3.05, 3.63) is 24.3 Å². The van der Waals surface area contributed by atoms with E-state index in [1.165, 1.54) is 0 Å². The molecule has 4 aliphatic rings. The van der Waals surface area contributed by atoms with E-state index in [0.717, 1.165) is 12.8 Å². The zero-order chi connectivity index (χ0) is 10.4. The first-order valence-electron chi connectivity index (χ1n) is 5.69. The van der Waals surface area contributed by atoms with Crippen molar-refractivity contribution in [1.29, 1.82) is 0 Å². The molecule has 0 aromatic rings. The summed E-state index contributed by atoms with van der Waals surface area (Å²) in [6, 6.07) is 0. The molecule has 15 heavy (non-hydrogen) atoms. The largest absolute Gasteiger partial charge is 0.299 e. The third-order valence-electron chi connectivity index (χ3n) is 4.07. The van der Waals surface area contributed by atoms with Crippen LogP contribution < -0.4 is 0 Å². The van der Waals surface area contributed by atoms with Gasteiger partial charge in [-0.2, -0.15) is 0 Å². The predicted molar refractivity (Wildman–Crippen MR) is 56.1 cm³/mol. The Morgan fingerprint density at radius 1 is 1.00 bits per heavy atom. The van der Waals surface area contributed by atoms with Gasteiger partial charge in [-0.1, -0.05) is 24.3 Å². The molecule has 0 heterocycles. The van der Waals surface area contributed by atoms with Gasteiger partial charge in [0, 0.05) is 24.2 Å². The first-order chi connectivity index (χ1) is 7.27. The van der Waals surface area contributed by atoms with Crippen LogP contribution in [0.2, 0.25) is 0 Å². The van der Waals surface area contributed by atoms with Crippen molar-refractivity contribution < 1.29 is 9.59 Å². The van der Waals surface area contributed by atoms with E-state index >= 15 is 0 Å². The molecule has 0 N–H and O–H groups in total. The molecule has 0 spiro atoms. The van der Waals surface area contributed by atoms with Crippen molar-refractivity contribution >= 4 is 11.6 Å². The van der Waals surface area contributed by atoms with Gasteiger partial charge in [-0.15, -0.1) is 0 Å². The summed E-state index contributed by atoms with van der Waals surface area (Å²) in [5, 5.41) is 0. The fourth-order valence-electron chi connectivity index (χ4n) is 3.25. The summed E-state index contributed by atoms with van der Waals surface area (Å²) in [5.41, 5.74) is 0. The monoisotopic (exact) mass is 202 g/mol. The van der Waals surface area contributed by atoms with Crippen molar-refractivity contribution in [3.63, 3.8) is 0 Å². The van der Waals surface area contributed by atoms with Gasteiger partial charge in [0.1, 0.15) is 11.6 Å². The second kappa shape index (κ2) is 3.16. The third kappa shape index (κ3) is 1.24. The van der Waals surface area contributed by atoms with Crippen LogP contribution in [0.15, 0.2) is 24.3 Å². The Morgan fingerprint density at radius 3 is 2.47 bits per heavy atom. The molecule has 0 unspecified atom stereocenters. The maximum Gasteiger partial charge on any atom is 0.147 e. The van der Waals surface area contributed by atoms with Crippen LogP contribution >= 0.6 is 0 Å². The highest BCUT2D eigenvalue weighted by molar-refractivity contribution is 5.96. The zero-order valence-corrected chi connectivity index (χ0v) is 8.56. The van der Waals surface area contributed by atoms with Gasteiger partial charge in [-0.25, -0.2) is 0 Å². The van der Waals surface area contributed by atoms with Gasteiger partial charge in [0.25, 0.3) is 0 Å². The molecule has 4 aliphatic carbocycles. The molecule has 4 bridgehead atoms. The fraction of sp³-hybridized carbons (Fsp3) is 0.538. The molecule has 0 saturated heterocycles. The molecule has 2 heteroatoms. The van der Waals surface area contributed by atoms with E-state index in [1.807, 2.05) is 24.3 Å². The van der Waals surface area contributed by atoms with E-state index in [0.29, 0.717) is 12.2 Å². The van der Waals surface area contributed by atoms with E-state index < -0.39 is 0 Å². The summed E-state index contributed by atoms with van der Waals surface area (Å²) in [4.78, 5) is 24.1. The molecule has 3 saturated carbocycles. The lowest BCUT2D eigenvalue weighted by Gasteiger charge is -2.25. The van der Waals surface area contributed by atoms with Gasteiger partial charge in [0.05, 0.1) is 0 Å². The van der Waals surface area contributed by atoms with E-state index in [-0.39, 0.29) is 29.5 Å². The van der Waals surface area contributed by atoms with E-state index in [4.69, 9.17) is 0 Å². The highest BCUT2D eigenvalue weighted by Gasteiger charge is 2.46. The summed E-state index contributed by atoms with van der Waals surface area (Å²) in [6.07, 6.45) is 10.4. The van der Waals surface area contributed by atoms with E-state index in [2.05, 4.69) is 0 Å². The summed E-state index contributed by atoms with van der Waals surface area (Å²) >= 11 is 0. The first kappa shape index (κ1) is 9.08. The Morgan fingerprint density at radius 2 is 1.73 bits per heavy atom. The molecule has 3 fully saturated rings. The lowest BCUT2D eigenvalue weighted by molar-refractivity contribution is -0.129. The van der Waals surface area contributed by atoms with Crippen LogP contribution in [-0.4, -0.2) is 11.6 Å². The molecule has 4 rings (SSSR count). The van der Waals surface area contributed by atoms with Crippen molar-refractivity contribution in [3.8, 4) is 0 Å². The molecule has 2 nitrogen and oxygen atoms in total. The summed E-state index contributed by atoms with van der Waals surface area (Å²) in [7, 11) is 0. The highest BCUT2D eigenvalue weighted by Crippen LogP contribution is 2.43. The molecule has 0 radical (unpaired) electrons. The lowest BCUT2D eigenvalue weighted by Crippen LogP contribution is -2.27. The maximum atomic E-state index is 12.2. The van der Waals surface area contributed by atoms with Gasteiger partial charge in [0.15, 0.2) is 0 Å². The van der Waals surface area contributed by atoms with Crippen LogP contribution in [-0.2, 0) is 9.59 Å². The SMILES string of the molecule is O=C1[C@H]2C=CC=C[C@@H]1[C@H]1CC[C@@H]2CC1=O. The van der Waals surface area contributed by atoms with Crippen molar-refractivity contribution in [1.82, 2.24) is 0 Å². The number of ketones is 2. The molecule has 0 aliphatic heterocycles. The van der Waals surface area contributed by atoms with Crippen LogP contribution in [0.25, 0.3) is 0 Å². The fourth-order valence-corrected chi connectivity index (χ4v) is 3.25. The topological polar surface area (TPSA) is 34.1 Å². The van der Waals surface area contributed by atoms with Crippen LogP contribution in [0.4, 0.5) is 0 Å². The first-order valence-corrected chi connectivity index (χ1v) is 5.69. The second-order valence-corrected chi connectivity index (χ2v) is 4.84. The van der Waals surface area contributed by atoms with Gasteiger partial charge in [-0.05, 0) is 18.8 Å². The minimum atomic E-state index is -0.134. The number of Topliss-reactive ketones (excluding diaryl/α,β-unsaturated/α-hetero) is 2. The number of hydrogen-bond donors (Lipinski definition) is 0. The molecular formula is C13H14O2. The Bertz CT molecular complexity index is 378. The number of fused-ring (bicyclic) bond motifs is 2. The number of allylic oxidation sites excluding steroid dienone is 4. The third-order valence-corrected chi connectivity index (χ3v) is 4.07. The lowest BCUT2D eigenvalue weighted by atomic mass is 9.78. The van der Waals surface area contributed by atoms with Crippen molar-refractivity contribution in [2.45, 2.75) is 19.3 Å². The van der Waals surface area contributed by atoms with Crippen molar-refractivity contribution in [2.75, 3.05) is 0 Å². The minimum absolute atomic E-state index is 0.00134. The van der Waals surface area contributed by atoms with Crippen LogP contribution in [0, 0.1) is 23.7 Å². The Kier molecular flexibility index (Phi) is 1.91. The molecule has 78 valence electrons. The summed E-state index contributed by atoms with van der Waals surface area (Å²) in [5.74, 6) is 0.717. The quantitative estimate of drug-likeness (QED) is 0.601. The van der Waals surface area contributed by atoms with Gasteiger partial charge in [0.2, 0.25) is 0 Å². The van der Waals surface area contributed by atoms with Crippen LogP contribution in [0.5, 0.6) is 0 Å². The van der Waals surface area contributed by atoms with Crippen LogP contribution in [0.3, 0.4) is 0 Å². The molecule has 0 amide bonds. The molecule has 0 aromatic carbocycles. The number of rotatable bonds is 0. The summed E-state index contributed by atoms with van der Waals surface area (Å²) < 4.78 is 0. The molecule has 0 aromatic heterocycles. The predicted octanol–water partition coefficient (Wildman–Crippen LogP) is 1.91. The van der Waals surface area contributed by atoms with Crippen LogP contribution in [0.1, 0.15) is 19.3 Å². The maximum absolute atomic E-state index is 12.2. The average molecular weight is 202 g/mol. The number of hydrogen-bond acceptors (Lipinski definition) is 2. The smallest absolute Gasteiger partial charge is 0.147 e. The zero-order valence-electron chi connectivity index (χ0n) is 8.56. The van der Waals surface area contributed by atoms with Crippen molar-refractivity contribution in [2.24, 2.45) is 23.7 Å². The number of carbonyl (C=O) groups is 2. The van der Waals surface area contributed by atoms with Gasteiger partial charge in [-0.3, -0.25) is 9.59 Å². The molecular weight excluding hydrogens is 188 g/mol. The number of carbonyl (C=O) groups excluding carboxylic acids is 2. The average Bonchev–Trinajstić information content (AvgIpc) is 2.52. The Balaban J connectivity index is 2.11. The minimum Gasteiger partial charge on any atom is -0.299 e.